The predicted octanol–water partition coefficient (Wildman–Crippen LogP) is 11.4. The average Bonchev–Trinajstić information content (AvgIpc) is 3.29. The Hall–Kier alpha value is -2.16. The van der Waals surface area contributed by atoms with E-state index in [9.17, 15) is 24.3 Å². The topological polar surface area (TPSA) is 125 Å². The van der Waals surface area contributed by atoms with Gasteiger partial charge in [-0.1, -0.05) is 72.3 Å². The summed E-state index contributed by atoms with van der Waals surface area (Å²) in [6, 6.07) is 0. The van der Waals surface area contributed by atoms with Gasteiger partial charge in [-0.3, -0.25) is 14.4 Å². The largest absolute Gasteiger partial charge is 0.459 e. The van der Waals surface area contributed by atoms with Crippen LogP contribution in [0.5, 0.6) is 0 Å². The summed E-state index contributed by atoms with van der Waals surface area (Å²) in [7, 11) is 0. The van der Waals surface area contributed by atoms with E-state index in [1.54, 1.807) is 20.8 Å². The molecular formula is C48H88O9. The predicted molar refractivity (Wildman–Crippen MR) is 229 cm³/mol. The number of ether oxygens (including phenoxy) is 4. The van der Waals surface area contributed by atoms with Crippen molar-refractivity contribution >= 4 is 23.9 Å². The van der Waals surface area contributed by atoms with Crippen molar-refractivity contribution in [2.24, 2.45) is 52.8 Å². The molecule has 6 atom stereocenters. The summed E-state index contributed by atoms with van der Waals surface area (Å²) in [5.74, 6) is -0.915. The monoisotopic (exact) mass is 809 g/mol. The van der Waals surface area contributed by atoms with Gasteiger partial charge in [0.05, 0.1) is 23.4 Å². The highest BCUT2D eigenvalue weighted by atomic mass is 16.6. The molecule has 1 saturated heterocycles. The fourth-order valence-corrected chi connectivity index (χ4v) is 13.6. The first-order valence-corrected chi connectivity index (χ1v) is 20.6. The van der Waals surface area contributed by atoms with Crippen LogP contribution in [-0.2, 0) is 38.1 Å². The summed E-state index contributed by atoms with van der Waals surface area (Å²) >= 11 is 0. The smallest absolute Gasteiger partial charge is 0.348 e. The first-order valence-electron chi connectivity index (χ1n) is 20.6. The quantitative estimate of drug-likeness (QED) is 0.135. The summed E-state index contributed by atoms with van der Waals surface area (Å²) in [4.78, 5) is 54.7. The van der Waals surface area contributed by atoms with Crippen molar-refractivity contribution in [1.29, 1.82) is 0 Å². The van der Waals surface area contributed by atoms with Gasteiger partial charge in [-0.25, -0.2) is 4.79 Å². The van der Waals surface area contributed by atoms with Gasteiger partial charge in [-0.05, 0) is 146 Å². The van der Waals surface area contributed by atoms with Gasteiger partial charge >= 0.3 is 23.9 Å². The fraction of sp³-hybridized carbons (Fsp3) is 0.917. The molecule has 9 fully saturated rings. The van der Waals surface area contributed by atoms with Crippen LogP contribution < -0.4 is 0 Å². The van der Waals surface area contributed by atoms with Crippen LogP contribution in [0.1, 0.15) is 202 Å². The maximum Gasteiger partial charge on any atom is 0.348 e. The molecule has 1 N–H and O–H groups in total. The number of carbonyl (C=O) groups is 4. The van der Waals surface area contributed by atoms with Crippen LogP contribution in [0.25, 0.3) is 0 Å². The summed E-state index contributed by atoms with van der Waals surface area (Å²) in [6.07, 6.45) is 13.6. The lowest BCUT2D eigenvalue weighted by Gasteiger charge is -2.63. The first kappa shape index (κ1) is 52.9. The van der Waals surface area contributed by atoms with E-state index in [0.29, 0.717) is 24.7 Å². The molecule has 0 aromatic heterocycles. The molecule has 9 rings (SSSR count). The Morgan fingerprint density at radius 1 is 0.719 bits per heavy atom. The molecule has 8 bridgehead atoms. The second-order valence-electron chi connectivity index (χ2n) is 19.6. The van der Waals surface area contributed by atoms with Gasteiger partial charge in [0.2, 0.25) is 6.10 Å². The van der Waals surface area contributed by atoms with Crippen LogP contribution in [0.2, 0.25) is 0 Å². The van der Waals surface area contributed by atoms with Crippen LogP contribution in [-0.4, -0.2) is 57.5 Å². The highest BCUT2D eigenvalue weighted by Crippen LogP contribution is 2.66. The van der Waals surface area contributed by atoms with Crippen LogP contribution in [0, 0.1) is 52.8 Å². The van der Waals surface area contributed by atoms with E-state index in [-0.39, 0.29) is 75.2 Å². The van der Waals surface area contributed by atoms with E-state index in [0.717, 1.165) is 82.0 Å². The summed E-state index contributed by atoms with van der Waals surface area (Å²) in [5, 5.41) is 11.4. The molecule has 9 heteroatoms. The van der Waals surface area contributed by atoms with Gasteiger partial charge in [-0.15, -0.1) is 0 Å². The Labute approximate surface area is 349 Å². The molecule has 8 saturated carbocycles. The minimum Gasteiger partial charge on any atom is -0.459 e. The molecule has 0 radical (unpaired) electrons. The molecule has 334 valence electrons. The third kappa shape index (κ3) is 10.1. The zero-order valence-corrected chi connectivity index (χ0v) is 32.1. The molecule has 0 spiro atoms. The van der Waals surface area contributed by atoms with Gasteiger partial charge in [0, 0.05) is 18.3 Å². The number of cyclic esters (lactones) is 1. The zero-order valence-electron chi connectivity index (χ0n) is 32.1. The van der Waals surface area contributed by atoms with E-state index in [4.69, 9.17) is 18.9 Å². The van der Waals surface area contributed by atoms with E-state index >= 15 is 0 Å². The highest BCUT2D eigenvalue weighted by Gasteiger charge is 2.62. The van der Waals surface area contributed by atoms with Gasteiger partial charge in [0.25, 0.3) is 0 Å². The SMILES string of the molecule is C.C.C.C.C.C.CCC(CC(CC(C)C(=O)OC1CC(C)(C)OC1=O)C(=O)OC12CC3CC(CC(O)(C3)C1)C2)C(=O)OC(CC)(CC)C12CC3CC(CC(C3)C1)C2. The first-order chi connectivity index (χ1) is 24.0. The number of esters is 4. The second kappa shape index (κ2) is 19.0. The molecular weight excluding hydrogens is 721 g/mol. The van der Waals surface area contributed by atoms with Crippen LogP contribution in [0.4, 0.5) is 0 Å². The Balaban J connectivity index is 0.00000271. The fourth-order valence-electron chi connectivity index (χ4n) is 13.6. The molecule has 9 nitrogen and oxygen atoms in total. The normalized spacial score (nSPS) is 36.2. The summed E-state index contributed by atoms with van der Waals surface area (Å²) < 4.78 is 24.3. The molecule has 8 aliphatic carbocycles. The van der Waals surface area contributed by atoms with Gasteiger partial charge in [-0.2, -0.15) is 0 Å². The molecule has 0 aromatic rings. The standard InChI is InChI=1S/C42H64O9.6CH4/c1-7-31(35(44)51-42(8-2,9-3)39-16-26-11-27(17-39)13-28(12-26)18-39)15-32(10-25(4)34(43)48-33-23-38(5,6)49-37(33)46)36(45)50-41-21-29-14-30(22-41)20-40(47,19-29)24-41;;;;;;/h25-33,47H,7-24H2,1-6H3;6*1H4. The number of rotatable bonds is 14. The van der Waals surface area contributed by atoms with Gasteiger partial charge in [0.1, 0.15) is 16.8 Å². The van der Waals surface area contributed by atoms with Gasteiger partial charge in [0.15, 0.2) is 0 Å². The molecule has 57 heavy (non-hydrogen) atoms. The van der Waals surface area contributed by atoms with E-state index in [1.807, 2.05) is 6.92 Å². The maximum atomic E-state index is 14.4. The van der Waals surface area contributed by atoms with Crippen molar-refractivity contribution in [2.45, 2.75) is 230 Å². The minimum absolute atomic E-state index is 0. The van der Waals surface area contributed by atoms with Crippen molar-refractivity contribution < 1.29 is 43.2 Å². The van der Waals surface area contributed by atoms with Crippen molar-refractivity contribution in [2.75, 3.05) is 0 Å². The summed E-state index contributed by atoms with van der Waals surface area (Å²) in [5.41, 5.74) is -2.73. The van der Waals surface area contributed by atoms with Gasteiger partial charge < -0.3 is 24.1 Å². The number of hydrogen-bond donors (Lipinski definition) is 1. The Kier molecular flexibility index (Phi) is 17.7. The van der Waals surface area contributed by atoms with Crippen LogP contribution >= 0.6 is 0 Å². The molecule has 0 amide bonds. The minimum atomic E-state index is -0.979. The van der Waals surface area contributed by atoms with E-state index < -0.39 is 64.2 Å². The van der Waals surface area contributed by atoms with Crippen LogP contribution in [0.15, 0.2) is 0 Å². The Morgan fingerprint density at radius 3 is 1.67 bits per heavy atom. The van der Waals surface area contributed by atoms with Crippen molar-refractivity contribution in [3.05, 3.63) is 0 Å². The number of carbonyl (C=O) groups excluding carboxylic acids is 4. The molecule has 1 heterocycles. The molecule has 1 aliphatic heterocycles. The molecule has 9 aliphatic rings. The van der Waals surface area contributed by atoms with E-state index in [2.05, 4.69) is 13.8 Å². The lowest BCUT2D eigenvalue weighted by Crippen LogP contribution is -2.60. The highest BCUT2D eigenvalue weighted by molar-refractivity contribution is 5.83. The second-order valence-corrected chi connectivity index (χ2v) is 19.6. The molecule has 6 unspecified atom stereocenters. The molecule has 0 aromatic carbocycles. The number of hydrogen-bond acceptors (Lipinski definition) is 9. The Bertz CT molecular complexity index is 1330. The number of aliphatic hydroxyl groups is 1. The lowest BCUT2D eigenvalue weighted by molar-refractivity contribution is -0.223. The Morgan fingerprint density at radius 2 is 1.23 bits per heavy atom. The third-order valence-corrected chi connectivity index (χ3v) is 15.1. The third-order valence-electron chi connectivity index (χ3n) is 15.1. The zero-order chi connectivity index (χ0) is 36.6. The van der Waals surface area contributed by atoms with Crippen LogP contribution in [0.3, 0.4) is 0 Å². The lowest BCUT2D eigenvalue weighted by atomic mass is 9.44. The van der Waals surface area contributed by atoms with Crippen molar-refractivity contribution in [1.82, 2.24) is 0 Å². The average molecular weight is 809 g/mol. The van der Waals surface area contributed by atoms with E-state index in [1.165, 1.54) is 19.3 Å². The van der Waals surface area contributed by atoms with Crippen molar-refractivity contribution in [3.8, 4) is 0 Å². The maximum absolute atomic E-state index is 14.4. The van der Waals surface area contributed by atoms with Crippen molar-refractivity contribution in [3.63, 3.8) is 0 Å². The summed E-state index contributed by atoms with van der Waals surface area (Å²) in [6.45, 7) is 11.6.